The van der Waals surface area contributed by atoms with Crippen molar-refractivity contribution in [2.75, 3.05) is 13.4 Å². The molecule has 0 radical (unpaired) electrons. The maximum atomic E-state index is 11.7. The molecule has 0 saturated carbocycles. The monoisotopic (exact) mass is 192 g/mol. The Morgan fingerprint density at radius 3 is 2.79 bits per heavy atom. The van der Waals surface area contributed by atoms with E-state index in [1.54, 1.807) is 0 Å². The van der Waals surface area contributed by atoms with E-state index in [9.17, 15) is 4.79 Å². The van der Waals surface area contributed by atoms with E-state index in [1.165, 1.54) is 0 Å². The first-order valence-electron chi connectivity index (χ1n) is 4.64. The second-order valence-electron chi connectivity index (χ2n) is 3.27. The predicted octanol–water partition coefficient (Wildman–Crippen LogP) is 1.63. The molecule has 1 atom stereocenters. The summed E-state index contributed by atoms with van der Waals surface area (Å²) < 4.78 is 10.2. The standard InChI is InChI=1S/C11H12O3/c12-11(6-10-7-13-8-14-10)9-4-2-1-3-5-9/h1-5,10H,6-8H2. The molecule has 74 valence electrons. The van der Waals surface area contributed by atoms with Crippen LogP contribution in [0.15, 0.2) is 30.3 Å². The van der Waals surface area contributed by atoms with Crippen LogP contribution in [0.3, 0.4) is 0 Å². The summed E-state index contributed by atoms with van der Waals surface area (Å²) in [5.41, 5.74) is 0.739. The van der Waals surface area contributed by atoms with Crippen molar-refractivity contribution in [2.45, 2.75) is 12.5 Å². The summed E-state index contributed by atoms with van der Waals surface area (Å²) in [5.74, 6) is 0.112. The van der Waals surface area contributed by atoms with Crippen molar-refractivity contribution in [2.24, 2.45) is 0 Å². The van der Waals surface area contributed by atoms with E-state index in [0.29, 0.717) is 19.8 Å². The van der Waals surface area contributed by atoms with Crippen molar-refractivity contribution in [3.05, 3.63) is 35.9 Å². The van der Waals surface area contributed by atoms with Gasteiger partial charge in [-0.2, -0.15) is 0 Å². The van der Waals surface area contributed by atoms with Gasteiger partial charge >= 0.3 is 0 Å². The van der Waals surface area contributed by atoms with Crippen LogP contribution in [-0.4, -0.2) is 25.3 Å². The summed E-state index contributed by atoms with van der Waals surface area (Å²) in [7, 11) is 0. The van der Waals surface area contributed by atoms with Gasteiger partial charge in [0.05, 0.1) is 12.7 Å². The van der Waals surface area contributed by atoms with E-state index in [-0.39, 0.29) is 11.9 Å². The van der Waals surface area contributed by atoms with Crippen LogP contribution >= 0.6 is 0 Å². The SMILES string of the molecule is O=C(CC1COCO1)c1ccccc1. The highest BCUT2D eigenvalue weighted by Crippen LogP contribution is 2.11. The lowest BCUT2D eigenvalue weighted by Gasteiger charge is -2.05. The van der Waals surface area contributed by atoms with Crippen LogP contribution in [0, 0.1) is 0 Å². The minimum absolute atomic E-state index is 0.0669. The van der Waals surface area contributed by atoms with Gasteiger partial charge in [-0.25, -0.2) is 0 Å². The lowest BCUT2D eigenvalue weighted by molar-refractivity contribution is 0.0436. The zero-order valence-electron chi connectivity index (χ0n) is 7.81. The fourth-order valence-corrected chi connectivity index (χ4v) is 1.44. The number of ketones is 1. The molecule has 3 heteroatoms. The number of Topliss-reactive ketones (excluding diaryl/α,β-unsaturated/α-hetero) is 1. The van der Waals surface area contributed by atoms with Gasteiger partial charge in [0.2, 0.25) is 0 Å². The summed E-state index contributed by atoms with van der Waals surface area (Å²) in [6.45, 7) is 0.839. The first-order valence-corrected chi connectivity index (χ1v) is 4.64. The van der Waals surface area contributed by atoms with Gasteiger partial charge in [-0.05, 0) is 0 Å². The van der Waals surface area contributed by atoms with E-state index in [0.717, 1.165) is 5.56 Å². The number of carbonyl (C=O) groups excluding carboxylic acids is 1. The fraction of sp³-hybridized carbons (Fsp3) is 0.364. The maximum absolute atomic E-state index is 11.7. The maximum Gasteiger partial charge on any atom is 0.165 e. The number of hydrogen-bond acceptors (Lipinski definition) is 3. The van der Waals surface area contributed by atoms with E-state index in [1.807, 2.05) is 30.3 Å². The zero-order valence-corrected chi connectivity index (χ0v) is 7.81. The molecule has 1 saturated heterocycles. The number of hydrogen-bond donors (Lipinski definition) is 0. The van der Waals surface area contributed by atoms with Crippen LogP contribution in [0.25, 0.3) is 0 Å². The smallest absolute Gasteiger partial charge is 0.165 e. The molecular weight excluding hydrogens is 180 g/mol. The van der Waals surface area contributed by atoms with E-state index >= 15 is 0 Å². The molecule has 0 bridgehead atoms. The third-order valence-corrected chi connectivity index (χ3v) is 2.20. The first kappa shape index (κ1) is 9.37. The quantitative estimate of drug-likeness (QED) is 0.683. The van der Waals surface area contributed by atoms with Crippen LogP contribution in [0.2, 0.25) is 0 Å². The van der Waals surface area contributed by atoms with Gasteiger partial charge in [-0.3, -0.25) is 4.79 Å². The van der Waals surface area contributed by atoms with Crippen LogP contribution in [0.5, 0.6) is 0 Å². The van der Waals surface area contributed by atoms with Gasteiger partial charge in [0.25, 0.3) is 0 Å². The molecule has 1 aromatic carbocycles. The molecule has 1 fully saturated rings. The summed E-state index contributed by atoms with van der Waals surface area (Å²) in [6, 6.07) is 9.25. The van der Waals surface area contributed by atoms with Crippen molar-refractivity contribution in [3.8, 4) is 0 Å². The summed E-state index contributed by atoms with van der Waals surface area (Å²) in [4.78, 5) is 11.7. The Balaban J connectivity index is 1.95. The van der Waals surface area contributed by atoms with Gasteiger partial charge < -0.3 is 9.47 Å². The second kappa shape index (κ2) is 4.35. The van der Waals surface area contributed by atoms with Gasteiger partial charge in [0, 0.05) is 12.0 Å². The molecule has 2 rings (SSSR count). The Kier molecular flexibility index (Phi) is 2.91. The van der Waals surface area contributed by atoms with Crippen molar-refractivity contribution in [1.29, 1.82) is 0 Å². The Bertz CT molecular complexity index is 302. The predicted molar refractivity (Wildman–Crippen MR) is 51.1 cm³/mol. The number of benzene rings is 1. The average molecular weight is 192 g/mol. The lowest BCUT2D eigenvalue weighted by Crippen LogP contribution is -2.15. The number of ether oxygens (including phenoxy) is 2. The highest BCUT2D eigenvalue weighted by molar-refractivity contribution is 5.96. The second-order valence-corrected chi connectivity index (χ2v) is 3.27. The topological polar surface area (TPSA) is 35.5 Å². The Labute approximate surface area is 82.6 Å². The molecule has 1 aromatic rings. The molecule has 0 spiro atoms. The Morgan fingerprint density at radius 2 is 2.14 bits per heavy atom. The molecule has 1 unspecified atom stereocenters. The van der Waals surface area contributed by atoms with Crippen LogP contribution in [0.1, 0.15) is 16.8 Å². The normalized spacial score (nSPS) is 21.0. The Morgan fingerprint density at radius 1 is 1.36 bits per heavy atom. The molecular formula is C11H12O3. The molecule has 0 aromatic heterocycles. The third-order valence-electron chi connectivity index (χ3n) is 2.20. The number of carbonyl (C=O) groups is 1. The van der Waals surface area contributed by atoms with Crippen LogP contribution in [0.4, 0.5) is 0 Å². The molecule has 1 aliphatic rings. The molecule has 14 heavy (non-hydrogen) atoms. The molecule has 0 amide bonds. The van der Waals surface area contributed by atoms with Crippen LogP contribution in [-0.2, 0) is 9.47 Å². The highest BCUT2D eigenvalue weighted by Gasteiger charge is 2.20. The van der Waals surface area contributed by atoms with E-state index in [2.05, 4.69) is 0 Å². The first-order chi connectivity index (χ1) is 6.86. The minimum Gasteiger partial charge on any atom is -0.353 e. The van der Waals surface area contributed by atoms with E-state index < -0.39 is 0 Å². The van der Waals surface area contributed by atoms with Crippen molar-refractivity contribution < 1.29 is 14.3 Å². The largest absolute Gasteiger partial charge is 0.353 e. The summed E-state index contributed by atoms with van der Waals surface area (Å²) >= 11 is 0. The van der Waals surface area contributed by atoms with E-state index in [4.69, 9.17) is 9.47 Å². The highest BCUT2D eigenvalue weighted by atomic mass is 16.7. The van der Waals surface area contributed by atoms with Crippen molar-refractivity contribution in [1.82, 2.24) is 0 Å². The van der Waals surface area contributed by atoms with Gasteiger partial charge in [-0.15, -0.1) is 0 Å². The van der Waals surface area contributed by atoms with Gasteiger partial charge in [0.15, 0.2) is 5.78 Å². The fourth-order valence-electron chi connectivity index (χ4n) is 1.44. The lowest BCUT2D eigenvalue weighted by atomic mass is 10.1. The average Bonchev–Trinajstić information content (AvgIpc) is 2.72. The molecule has 0 aliphatic carbocycles. The molecule has 0 N–H and O–H groups in total. The van der Waals surface area contributed by atoms with Gasteiger partial charge in [0.1, 0.15) is 6.79 Å². The zero-order chi connectivity index (χ0) is 9.80. The summed E-state index contributed by atoms with van der Waals surface area (Å²) in [5, 5.41) is 0. The molecule has 1 aliphatic heterocycles. The molecule has 1 heterocycles. The molecule has 3 nitrogen and oxygen atoms in total. The summed E-state index contributed by atoms with van der Waals surface area (Å²) in [6.07, 6.45) is 0.340. The van der Waals surface area contributed by atoms with Crippen molar-refractivity contribution in [3.63, 3.8) is 0 Å². The van der Waals surface area contributed by atoms with Gasteiger partial charge in [-0.1, -0.05) is 30.3 Å². The third kappa shape index (κ3) is 2.19. The Hall–Kier alpha value is -1.19. The van der Waals surface area contributed by atoms with Crippen molar-refractivity contribution >= 4 is 5.78 Å². The minimum atomic E-state index is -0.0669. The van der Waals surface area contributed by atoms with Crippen LogP contribution < -0.4 is 0 Å². The number of rotatable bonds is 3.